The van der Waals surface area contributed by atoms with Crippen molar-refractivity contribution in [1.82, 2.24) is 4.90 Å². The molecule has 0 aliphatic rings. The Labute approximate surface area is 103 Å². The van der Waals surface area contributed by atoms with Crippen LogP contribution in [-0.4, -0.2) is 41.0 Å². The molecule has 0 fully saturated rings. The second-order valence-corrected chi connectivity index (χ2v) is 4.80. The average molecular weight is 244 g/mol. The Morgan fingerprint density at radius 1 is 1.29 bits per heavy atom. The van der Waals surface area contributed by atoms with Gasteiger partial charge in [-0.05, 0) is 25.2 Å². The van der Waals surface area contributed by atoms with Crippen molar-refractivity contribution >= 4 is 11.9 Å². The summed E-state index contributed by atoms with van der Waals surface area (Å²) in [6.07, 6.45) is 1.99. The van der Waals surface area contributed by atoms with Crippen molar-refractivity contribution in [3.05, 3.63) is 0 Å². The Balaban J connectivity index is 3.83. The van der Waals surface area contributed by atoms with Crippen LogP contribution in [-0.2, 0) is 9.59 Å². The molecular weight excluding hydrogens is 220 g/mol. The Hall–Kier alpha value is -1.10. The SMILES string of the molecule is CC(=O)N(CCCC[C@H](N)C(=O)O)CC(C)C. The molecular formula is C12H24N2O3. The highest BCUT2D eigenvalue weighted by Gasteiger charge is 2.12. The fourth-order valence-corrected chi connectivity index (χ4v) is 1.61. The highest BCUT2D eigenvalue weighted by Crippen LogP contribution is 2.05. The van der Waals surface area contributed by atoms with E-state index in [1.807, 2.05) is 0 Å². The minimum absolute atomic E-state index is 0.0706. The minimum Gasteiger partial charge on any atom is -0.480 e. The molecule has 0 radical (unpaired) electrons. The molecule has 0 unspecified atom stereocenters. The van der Waals surface area contributed by atoms with Crippen molar-refractivity contribution in [2.75, 3.05) is 13.1 Å². The highest BCUT2D eigenvalue weighted by atomic mass is 16.4. The van der Waals surface area contributed by atoms with Gasteiger partial charge in [0.05, 0.1) is 0 Å². The molecule has 0 saturated carbocycles. The minimum atomic E-state index is -0.962. The lowest BCUT2D eigenvalue weighted by Gasteiger charge is -2.23. The van der Waals surface area contributed by atoms with Gasteiger partial charge in [0, 0.05) is 20.0 Å². The number of carboxylic acid groups (broad SMARTS) is 1. The van der Waals surface area contributed by atoms with Crippen LogP contribution in [0.25, 0.3) is 0 Å². The maximum Gasteiger partial charge on any atom is 0.320 e. The van der Waals surface area contributed by atoms with Gasteiger partial charge in [0.2, 0.25) is 5.91 Å². The van der Waals surface area contributed by atoms with Gasteiger partial charge in [-0.2, -0.15) is 0 Å². The molecule has 3 N–H and O–H groups in total. The zero-order valence-electron chi connectivity index (χ0n) is 11.0. The van der Waals surface area contributed by atoms with Crippen molar-refractivity contribution in [1.29, 1.82) is 0 Å². The second kappa shape index (κ2) is 8.06. The van der Waals surface area contributed by atoms with E-state index in [0.717, 1.165) is 19.4 Å². The van der Waals surface area contributed by atoms with Crippen molar-refractivity contribution in [2.45, 2.75) is 46.1 Å². The van der Waals surface area contributed by atoms with Crippen LogP contribution in [0, 0.1) is 5.92 Å². The number of amides is 1. The lowest BCUT2D eigenvalue weighted by Crippen LogP contribution is -2.34. The van der Waals surface area contributed by atoms with Crippen LogP contribution in [0.5, 0.6) is 0 Å². The van der Waals surface area contributed by atoms with Crippen LogP contribution in [0.1, 0.15) is 40.0 Å². The number of aliphatic carboxylic acids is 1. The molecule has 0 bridgehead atoms. The fourth-order valence-electron chi connectivity index (χ4n) is 1.61. The number of rotatable bonds is 8. The molecule has 0 aromatic carbocycles. The standard InChI is InChI=1S/C12H24N2O3/c1-9(2)8-14(10(3)15)7-5-4-6-11(13)12(16)17/h9,11H,4-8,13H2,1-3H3,(H,16,17)/t11-/m0/s1. The Morgan fingerprint density at radius 3 is 2.29 bits per heavy atom. The van der Waals surface area contributed by atoms with E-state index in [-0.39, 0.29) is 5.91 Å². The summed E-state index contributed by atoms with van der Waals surface area (Å²) in [4.78, 5) is 23.6. The number of nitrogens with zero attached hydrogens (tertiary/aromatic N) is 1. The smallest absolute Gasteiger partial charge is 0.320 e. The summed E-state index contributed by atoms with van der Waals surface area (Å²) in [5.41, 5.74) is 5.39. The van der Waals surface area contributed by atoms with E-state index < -0.39 is 12.0 Å². The lowest BCUT2D eigenvalue weighted by molar-refractivity contribution is -0.138. The molecule has 1 amide bonds. The Morgan fingerprint density at radius 2 is 1.88 bits per heavy atom. The lowest BCUT2D eigenvalue weighted by atomic mass is 10.1. The van der Waals surface area contributed by atoms with Gasteiger partial charge in [-0.15, -0.1) is 0 Å². The molecule has 5 nitrogen and oxygen atoms in total. The first-order valence-electron chi connectivity index (χ1n) is 6.08. The summed E-state index contributed by atoms with van der Waals surface area (Å²) in [5.74, 6) is -0.447. The van der Waals surface area contributed by atoms with Gasteiger partial charge < -0.3 is 15.7 Å². The summed E-state index contributed by atoms with van der Waals surface area (Å²) >= 11 is 0. The van der Waals surface area contributed by atoms with E-state index in [1.54, 1.807) is 11.8 Å². The third-order valence-electron chi connectivity index (χ3n) is 2.54. The van der Waals surface area contributed by atoms with E-state index >= 15 is 0 Å². The van der Waals surface area contributed by atoms with Crippen LogP contribution in [0.15, 0.2) is 0 Å². The molecule has 1 atom stereocenters. The molecule has 0 rings (SSSR count). The molecule has 17 heavy (non-hydrogen) atoms. The van der Waals surface area contributed by atoms with Gasteiger partial charge in [0.1, 0.15) is 6.04 Å². The molecule has 0 spiro atoms. The van der Waals surface area contributed by atoms with Crippen molar-refractivity contribution in [2.24, 2.45) is 11.7 Å². The van der Waals surface area contributed by atoms with Crippen LogP contribution >= 0.6 is 0 Å². The van der Waals surface area contributed by atoms with E-state index in [0.29, 0.717) is 18.9 Å². The van der Waals surface area contributed by atoms with Crippen molar-refractivity contribution < 1.29 is 14.7 Å². The number of unbranched alkanes of at least 4 members (excludes halogenated alkanes) is 1. The third-order valence-corrected chi connectivity index (χ3v) is 2.54. The summed E-state index contributed by atoms with van der Waals surface area (Å²) in [6.45, 7) is 7.12. The molecule has 0 aliphatic carbocycles. The molecule has 5 heteroatoms. The molecule has 0 heterocycles. The highest BCUT2D eigenvalue weighted by molar-refractivity contribution is 5.73. The number of hydrogen-bond acceptors (Lipinski definition) is 3. The zero-order chi connectivity index (χ0) is 13.4. The van der Waals surface area contributed by atoms with Gasteiger partial charge >= 0.3 is 5.97 Å². The topological polar surface area (TPSA) is 83.6 Å². The van der Waals surface area contributed by atoms with Gasteiger partial charge in [0.25, 0.3) is 0 Å². The number of carbonyl (C=O) groups excluding carboxylic acids is 1. The molecule has 0 aromatic heterocycles. The maximum atomic E-state index is 11.3. The number of carboxylic acids is 1. The van der Waals surface area contributed by atoms with Gasteiger partial charge in [-0.3, -0.25) is 9.59 Å². The number of nitrogens with two attached hydrogens (primary N) is 1. The quantitative estimate of drug-likeness (QED) is 0.626. The summed E-state index contributed by atoms with van der Waals surface area (Å²) in [6, 6.07) is -0.786. The monoisotopic (exact) mass is 244 g/mol. The molecule has 0 aromatic rings. The van der Waals surface area contributed by atoms with Gasteiger partial charge in [-0.25, -0.2) is 0 Å². The second-order valence-electron chi connectivity index (χ2n) is 4.80. The van der Waals surface area contributed by atoms with Gasteiger partial charge in [-0.1, -0.05) is 13.8 Å². The van der Waals surface area contributed by atoms with Crippen molar-refractivity contribution in [3.63, 3.8) is 0 Å². The zero-order valence-corrected chi connectivity index (χ0v) is 11.0. The largest absolute Gasteiger partial charge is 0.480 e. The molecule has 0 aliphatic heterocycles. The first kappa shape index (κ1) is 15.9. The maximum absolute atomic E-state index is 11.3. The van der Waals surface area contributed by atoms with Crippen LogP contribution in [0.3, 0.4) is 0 Å². The molecule has 0 saturated heterocycles. The van der Waals surface area contributed by atoms with Crippen molar-refractivity contribution in [3.8, 4) is 0 Å². The Bertz CT molecular complexity index is 254. The fraction of sp³-hybridized carbons (Fsp3) is 0.833. The summed E-state index contributed by atoms with van der Waals surface area (Å²) < 4.78 is 0. The average Bonchev–Trinajstić information content (AvgIpc) is 2.21. The van der Waals surface area contributed by atoms with E-state index in [4.69, 9.17) is 10.8 Å². The summed E-state index contributed by atoms with van der Waals surface area (Å²) in [5, 5.41) is 8.61. The number of hydrogen-bond donors (Lipinski definition) is 2. The van der Waals surface area contributed by atoms with E-state index in [2.05, 4.69) is 13.8 Å². The van der Waals surface area contributed by atoms with Crippen LogP contribution < -0.4 is 5.73 Å². The predicted octanol–water partition coefficient (Wildman–Crippen LogP) is 1.07. The number of carbonyl (C=O) groups is 2. The van der Waals surface area contributed by atoms with E-state index in [9.17, 15) is 9.59 Å². The van der Waals surface area contributed by atoms with Crippen LogP contribution in [0.2, 0.25) is 0 Å². The normalized spacial score (nSPS) is 12.5. The first-order valence-corrected chi connectivity index (χ1v) is 6.08. The van der Waals surface area contributed by atoms with Gasteiger partial charge in [0.15, 0.2) is 0 Å². The third kappa shape index (κ3) is 7.74. The van der Waals surface area contributed by atoms with E-state index in [1.165, 1.54) is 0 Å². The Kier molecular flexibility index (Phi) is 7.54. The first-order chi connectivity index (χ1) is 7.84. The predicted molar refractivity (Wildman–Crippen MR) is 66.6 cm³/mol. The van der Waals surface area contributed by atoms with Crippen LogP contribution in [0.4, 0.5) is 0 Å². The summed E-state index contributed by atoms with van der Waals surface area (Å²) in [7, 11) is 0. The molecule has 100 valence electrons.